The molecule has 3 aliphatic rings. The van der Waals surface area contributed by atoms with Crippen molar-refractivity contribution in [2.24, 2.45) is 5.92 Å². The van der Waals surface area contributed by atoms with Crippen LogP contribution in [0.5, 0.6) is 5.75 Å². The number of rotatable bonds is 13. The number of pyridine rings is 2. The molecule has 2 aliphatic heterocycles. The molecule has 304 valence electrons. The molecule has 18 heteroatoms. The van der Waals surface area contributed by atoms with Crippen molar-refractivity contribution in [2.75, 3.05) is 25.0 Å². The molecule has 4 aromatic rings. The molecule has 59 heavy (non-hydrogen) atoms. The SMILES string of the molecule is CC(C)Nc1cc(-n2ccc3cc(C#N)cnc32)ncc1C(=O)NC1CCC(C(=O)NCCNC(=O)COc2cccc3c2C(=O)N(C2CCC(=O)NC2=O)C3=O)CC1. The number of hydrogen-bond acceptors (Lipinski definition) is 12. The number of nitrogens with zero attached hydrogens (tertiary/aromatic N) is 5. The van der Waals surface area contributed by atoms with E-state index in [2.05, 4.69) is 42.6 Å². The average molecular weight is 803 g/mol. The van der Waals surface area contributed by atoms with Gasteiger partial charge in [-0.1, -0.05) is 6.07 Å². The summed E-state index contributed by atoms with van der Waals surface area (Å²) in [4.78, 5) is 99.1. The van der Waals surface area contributed by atoms with Gasteiger partial charge in [-0.15, -0.1) is 0 Å². The molecular formula is C41H42N10O8. The monoisotopic (exact) mass is 802 g/mol. The Labute approximate surface area is 338 Å². The van der Waals surface area contributed by atoms with Crippen LogP contribution >= 0.6 is 0 Å². The maximum absolute atomic E-state index is 13.5. The zero-order valence-corrected chi connectivity index (χ0v) is 32.4. The molecule has 1 saturated carbocycles. The fraction of sp³-hybridized carbons (Fsp3) is 0.366. The Morgan fingerprint density at radius 2 is 1.75 bits per heavy atom. The smallest absolute Gasteiger partial charge is 0.266 e. The molecule has 1 aromatic carbocycles. The predicted octanol–water partition coefficient (Wildman–Crippen LogP) is 2.11. The van der Waals surface area contributed by atoms with Crippen molar-refractivity contribution >= 4 is 58.1 Å². The van der Waals surface area contributed by atoms with Crippen molar-refractivity contribution in [1.82, 2.24) is 40.7 Å². The number of anilines is 1. The van der Waals surface area contributed by atoms with Gasteiger partial charge in [0.25, 0.3) is 23.6 Å². The lowest BCUT2D eigenvalue weighted by molar-refractivity contribution is -0.136. The second-order valence-electron chi connectivity index (χ2n) is 14.9. The Kier molecular flexibility index (Phi) is 11.6. The van der Waals surface area contributed by atoms with Gasteiger partial charge in [-0.25, -0.2) is 9.97 Å². The second-order valence-corrected chi connectivity index (χ2v) is 14.9. The Hall–Kier alpha value is -7.16. The summed E-state index contributed by atoms with van der Waals surface area (Å²) < 4.78 is 7.41. The van der Waals surface area contributed by atoms with E-state index in [4.69, 9.17) is 4.74 Å². The van der Waals surface area contributed by atoms with E-state index in [0.717, 1.165) is 10.3 Å². The van der Waals surface area contributed by atoms with E-state index < -0.39 is 42.2 Å². The molecule has 18 nitrogen and oxygen atoms in total. The van der Waals surface area contributed by atoms with Gasteiger partial charge in [0.15, 0.2) is 6.61 Å². The summed E-state index contributed by atoms with van der Waals surface area (Å²) in [7, 11) is 0. The fourth-order valence-corrected chi connectivity index (χ4v) is 7.55. The number of imide groups is 2. The number of nitrogens with one attached hydrogen (secondary N) is 5. The van der Waals surface area contributed by atoms with E-state index in [1.807, 2.05) is 26.1 Å². The highest BCUT2D eigenvalue weighted by Crippen LogP contribution is 2.34. The van der Waals surface area contributed by atoms with Crippen LogP contribution in [0.25, 0.3) is 16.9 Å². The van der Waals surface area contributed by atoms with Crippen molar-refractivity contribution in [3.05, 3.63) is 77.2 Å². The van der Waals surface area contributed by atoms with E-state index >= 15 is 0 Å². The quantitative estimate of drug-likeness (QED) is 0.0964. The minimum absolute atomic E-state index is 0.00447. The van der Waals surface area contributed by atoms with Gasteiger partial charge in [-0.2, -0.15) is 5.26 Å². The van der Waals surface area contributed by atoms with Gasteiger partial charge in [0.2, 0.25) is 17.7 Å². The molecule has 5 N–H and O–H groups in total. The highest BCUT2D eigenvalue weighted by atomic mass is 16.5. The summed E-state index contributed by atoms with van der Waals surface area (Å²) in [6.45, 7) is 3.76. The minimum atomic E-state index is -1.13. The summed E-state index contributed by atoms with van der Waals surface area (Å²) >= 11 is 0. The molecule has 7 rings (SSSR count). The number of benzene rings is 1. The lowest BCUT2D eigenvalue weighted by atomic mass is 9.85. The first kappa shape index (κ1) is 40.1. The van der Waals surface area contributed by atoms with E-state index in [1.165, 1.54) is 30.6 Å². The normalized spacial score (nSPS) is 18.9. The molecule has 0 radical (unpaired) electrons. The lowest BCUT2D eigenvalue weighted by Gasteiger charge is -2.28. The summed E-state index contributed by atoms with van der Waals surface area (Å²) in [5, 5.41) is 24.1. The largest absolute Gasteiger partial charge is 0.483 e. The maximum atomic E-state index is 13.5. The molecule has 0 bridgehead atoms. The first-order chi connectivity index (χ1) is 28.4. The van der Waals surface area contributed by atoms with Gasteiger partial charge in [0, 0.05) is 67.6 Å². The van der Waals surface area contributed by atoms with Gasteiger partial charge >= 0.3 is 0 Å². The molecule has 2 fully saturated rings. The zero-order chi connectivity index (χ0) is 41.8. The van der Waals surface area contributed by atoms with Crippen LogP contribution in [0.15, 0.2) is 55.0 Å². The second kappa shape index (κ2) is 17.1. The molecule has 1 saturated heterocycles. The topological polar surface area (TPSA) is 247 Å². The third kappa shape index (κ3) is 8.59. The number of aromatic nitrogens is 3. The minimum Gasteiger partial charge on any atom is -0.483 e. The van der Waals surface area contributed by atoms with Crippen LogP contribution in [0.4, 0.5) is 5.69 Å². The van der Waals surface area contributed by atoms with Gasteiger partial charge in [0.05, 0.1) is 27.9 Å². The Morgan fingerprint density at radius 1 is 0.966 bits per heavy atom. The molecule has 0 spiro atoms. The van der Waals surface area contributed by atoms with Crippen molar-refractivity contribution in [3.63, 3.8) is 0 Å². The van der Waals surface area contributed by atoms with Crippen LogP contribution in [0, 0.1) is 17.2 Å². The van der Waals surface area contributed by atoms with E-state index in [0.29, 0.717) is 54.0 Å². The summed E-state index contributed by atoms with van der Waals surface area (Å²) in [6, 6.07) is 10.6. The number of amides is 7. The Morgan fingerprint density at radius 3 is 2.49 bits per heavy atom. The van der Waals surface area contributed by atoms with Gasteiger partial charge in [-0.05, 0) is 70.2 Å². The highest BCUT2D eigenvalue weighted by Gasteiger charge is 2.46. The molecule has 1 atom stereocenters. The van der Waals surface area contributed by atoms with E-state index in [-0.39, 0.29) is 72.6 Å². The third-order valence-electron chi connectivity index (χ3n) is 10.4. The van der Waals surface area contributed by atoms with Gasteiger partial charge in [-0.3, -0.25) is 48.3 Å². The number of nitriles is 1. The highest BCUT2D eigenvalue weighted by molar-refractivity contribution is 6.24. The van der Waals surface area contributed by atoms with E-state index in [9.17, 15) is 38.8 Å². The van der Waals surface area contributed by atoms with Crippen LogP contribution < -0.4 is 31.3 Å². The Balaban J connectivity index is 0.849. The average Bonchev–Trinajstić information content (AvgIpc) is 3.76. The van der Waals surface area contributed by atoms with E-state index in [1.54, 1.807) is 16.7 Å². The van der Waals surface area contributed by atoms with Gasteiger partial charge < -0.3 is 26.0 Å². The summed E-state index contributed by atoms with van der Waals surface area (Å²) in [6.07, 6.45) is 7.19. The number of hydrogen-bond donors (Lipinski definition) is 5. The number of carbonyl (C=O) groups is 7. The molecular weight excluding hydrogens is 761 g/mol. The third-order valence-corrected chi connectivity index (χ3v) is 10.4. The van der Waals surface area contributed by atoms with Crippen LogP contribution in [0.3, 0.4) is 0 Å². The summed E-state index contributed by atoms with van der Waals surface area (Å²) in [5.41, 5.74) is 2.06. The lowest BCUT2D eigenvalue weighted by Crippen LogP contribution is -2.54. The molecule has 7 amide bonds. The van der Waals surface area contributed by atoms with Crippen molar-refractivity contribution in [3.8, 4) is 17.6 Å². The molecule has 3 aromatic heterocycles. The number of fused-ring (bicyclic) bond motifs is 2. The van der Waals surface area contributed by atoms with Crippen molar-refractivity contribution < 1.29 is 38.3 Å². The number of ether oxygens (including phenoxy) is 1. The van der Waals surface area contributed by atoms with Gasteiger partial charge in [0.1, 0.15) is 29.3 Å². The first-order valence-electron chi connectivity index (χ1n) is 19.4. The fourth-order valence-electron chi connectivity index (χ4n) is 7.55. The number of piperidine rings is 1. The van der Waals surface area contributed by atoms with Crippen molar-refractivity contribution in [1.29, 1.82) is 5.26 Å². The molecule has 5 heterocycles. The number of carbonyl (C=O) groups excluding carboxylic acids is 7. The maximum Gasteiger partial charge on any atom is 0.266 e. The van der Waals surface area contributed by atoms with Crippen molar-refractivity contribution in [2.45, 2.75) is 70.5 Å². The first-order valence-corrected chi connectivity index (χ1v) is 19.4. The van der Waals surface area contributed by atoms with Crippen LogP contribution in [0.2, 0.25) is 0 Å². The van der Waals surface area contributed by atoms with Crippen LogP contribution in [0.1, 0.15) is 89.0 Å². The molecule has 1 aliphatic carbocycles. The van der Waals surface area contributed by atoms with Crippen LogP contribution in [-0.4, -0.2) is 98.6 Å². The van der Waals surface area contributed by atoms with Crippen LogP contribution in [-0.2, 0) is 19.2 Å². The zero-order valence-electron chi connectivity index (χ0n) is 32.4. The Bertz CT molecular complexity index is 2410. The molecule has 1 unspecified atom stereocenters. The predicted molar refractivity (Wildman–Crippen MR) is 210 cm³/mol. The standard InChI is InChI=1S/C41H42N10O8/c1-22(2)47-29-17-32(50-15-12-25-16-23(18-42)19-46-36(25)50)45-20-28(29)38(55)48-26-8-6-24(7-9-26)37(54)44-14-13-43-34(53)21-59-31-5-3-4-27-35(31)41(58)51(40(27)57)30-10-11-33(52)49-39(30)56/h3-5,12,15-17,19-20,22,24,26,30H,6-11,13-14,21H2,1-2H3,(H,43,53)(H,44,54)(H,45,47)(H,48,55)(H,49,52,56). The summed E-state index contributed by atoms with van der Waals surface area (Å²) in [5.74, 6) is -3.28.